The fourth-order valence-electron chi connectivity index (χ4n) is 5.15. The Kier molecular flexibility index (Phi) is 9.05. The predicted octanol–water partition coefficient (Wildman–Crippen LogP) is 5.93. The first kappa shape index (κ1) is 30.8. The molecule has 228 valence electrons. The minimum atomic E-state index is -1.52. The van der Waals surface area contributed by atoms with E-state index in [9.17, 15) is 18.8 Å². The van der Waals surface area contributed by atoms with Crippen molar-refractivity contribution in [3.05, 3.63) is 94.3 Å². The van der Waals surface area contributed by atoms with Crippen LogP contribution in [0.3, 0.4) is 0 Å². The number of fused-ring (bicyclic) bond motifs is 4. The lowest BCUT2D eigenvalue weighted by molar-refractivity contribution is -0.139. The van der Waals surface area contributed by atoms with Crippen LogP contribution in [-0.4, -0.2) is 45.8 Å². The molecule has 5 rings (SSSR count). The van der Waals surface area contributed by atoms with Crippen molar-refractivity contribution in [2.24, 2.45) is 5.92 Å². The van der Waals surface area contributed by atoms with E-state index in [2.05, 4.69) is 20.7 Å². The van der Waals surface area contributed by atoms with Gasteiger partial charge in [0.25, 0.3) is 5.91 Å². The van der Waals surface area contributed by atoms with Gasteiger partial charge in [0, 0.05) is 17.4 Å². The number of rotatable bonds is 5. The number of amides is 2. The maximum Gasteiger partial charge on any atom is 0.309 e. The van der Waals surface area contributed by atoms with Gasteiger partial charge in [0.1, 0.15) is 11.9 Å². The molecule has 1 aliphatic heterocycles. The summed E-state index contributed by atoms with van der Waals surface area (Å²) in [7, 11) is 1.29. The molecule has 44 heavy (non-hydrogen) atoms. The van der Waals surface area contributed by atoms with E-state index in [4.69, 9.17) is 16.3 Å². The highest BCUT2D eigenvalue weighted by Crippen LogP contribution is 2.34. The molecule has 2 bridgehead atoms. The summed E-state index contributed by atoms with van der Waals surface area (Å²) in [5.41, 5.74) is 3.49. The molecule has 3 heterocycles. The third-order valence-electron chi connectivity index (χ3n) is 7.77. The van der Waals surface area contributed by atoms with Gasteiger partial charge in [-0.2, -0.15) is 5.10 Å². The first-order chi connectivity index (χ1) is 21.1. The number of carbonyl (C=O) groups excluding carboxylic acids is 3. The zero-order valence-corrected chi connectivity index (χ0v) is 25.0. The van der Waals surface area contributed by atoms with Gasteiger partial charge in [0.2, 0.25) is 5.91 Å². The zero-order valence-electron chi connectivity index (χ0n) is 24.2. The van der Waals surface area contributed by atoms with Crippen LogP contribution in [0.5, 0.6) is 0 Å². The van der Waals surface area contributed by atoms with E-state index < -0.39 is 41.7 Å². The second-order valence-electron chi connectivity index (χ2n) is 10.6. The molecular weight excluding hydrogens is 592 g/mol. The van der Waals surface area contributed by atoms with Crippen molar-refractivity contribution >= 4 is 35.1 Å². The zero-order chi connectivity index (χ0) is 31.5. The molecular formula is C32H30ClF2N5O4. The average Bonchev–Trinajstić information content (AvgIpc) is 3.40. The molecule has 0 saturated carbocycles. The van der Waals surface area contributed by atoms with Gasteiger partial charge in [0.05, 0.1) is 53.7 Å². The third kappa shape index (κ3) is 6.33. The number of methoxy groups -OCH3 is 1. The van der Waals surface area contributed by atoms with Crippen LogP contribution in [-0.2, 0) is 20.7 Å². The van der Waals surface area contributed by atoms with Crippen LogP contribution < -0.4 is 10.6 Å². The molecule has 0 aliphatic carbocycles. The fourth-order valence-corrected chi connectivity index (χ4v) is 5.32. The Morgan fingerprint density at radius 2 is 1.98 bits per heavy atom. The van der Waals surface area contributed by atoms with Crippen LogP contribution in [0.15, 0.2) is 60.9 Å². The van der Waals surface area contributed by atoms with Crippen LogP contribution in [0.1, 0.15) is 53.1 Å². The van der Waals surface area contributed by atoms with Gasteiger partial charge in [-0.05, 0) is 61.2 Å². The average molecular weight is 622 g/mol. The molecule has 0 fully saturated rings. The maximum atomic E-state index is 15.4. The van der Waals surface area contributed by atoms with Crippen molar-refractivity contribution in [3.8, 4) is 16.8 Å². The maximum absolute atomic E-state index is 15.4. The smallest absolute Gasteiger partial charge is 0.309 e. The lowest BCUT2D eigenvalue weighted by Crippen LogP contribution is -2.32. The first-order valence-electron chi connectivity index (χ1n) is 14.0. The van der Waals surface area contributed by atoms with Crippen LogP contribution in [0.25, 0.3) is 16.8 Å². The Hall–Kier alpha value is -4.64. The number of halogens is 3. The van der Waals surface area contributed by atoms with E-state index >= 15 is 4.39 Å². The van der Waals surface area contributed by atoms with E-state index in [0.717, 1.165) is 0 Å². The van der Waals surface area contributed by atoms with Crippen LogP contribution in [0.4, 0.5) is 14.5 Å². The van der Waals surface area contributed by atoms with Gasteiger partial charge in [-0.15, -0.1) is 0 Å². The van der Waals surface area contributed by atoms with Gasteiger partial charge in [0.15, 0.2) is 5.82 Å². The molecule has 9 nitrogen and oxygen atoms in total. The summed E-state index contributed by atoms with van der Waals surface area (Å²) in [6.07, 6.45) is 1.50. The largest absolute Gasteiger partial charge is 0.469 e. The Morgan fingerprint density at radius 3 is 2.75 bits per heavy atom. The van der Waals surface area contributed by atoms with Crippen molar-refractivity contribution in [2.45, 2.75) is 45.3 Å². The number of aromatic nitrogens is 3. The van der Waals surface area contributed by atoms with Crippen molar-refractivity contribution < 1.29 is 27.9 Å². The van der Waals surface area contributed by atoms with Crippen molar-refractivity contribution in [1.82, 2.24) is 20.1 Å². The summed E-state index contributed by atoms with van der Waals surface area (Å²) in [6, 6.07) is 12.5. The minimum Gasteiger partial charge on any atom is -0.469 e. The Morgan fingerprint density at radius 1 is 1.18 bits per heavy atom. The number of hydrogen-bond acceptors (Lipinski definition) is 6. The third-order valence-corrected chi connectivity index (χ3v) is 8.07. The van der Waals surface area contributed by atoms with Gasteiger partial charge >= 0.3 is 5.97 Å². The second-order valence-corrected chi connectivity index (χ2v) is 11.0. The lowest BCUT2D eigenvalue weighted by atomic mass is 9.93. The summed E-state index contributed by atoms with van der Waals surface area (Å²) < 4.78 is 36.2. The topological polar surface area (TPSA) is 115 Å². The van der Waals surface area contributed by atoms with E-state index in [-0.39, 0.29) is 35.5 Å². The molecule has 2 N–H and O–H groups in total. The van der Waals surface area contributed by atoms with E-state index in [0.29, 0.717) is 33.8 Å². The van der Waals surface area contributed by atoms with Crippen LogP contribution in [0, 0.1) is 18.7 Å². The van der Waals surface area contributed by atoms with Crippen LogP contribution >= 0.6 is 11.6 Å². The summed E-state index contributed by atoms with van der Waals surface area (Å²) >= 11 is 5.94. The van der Waals surface area contributed by atoms with Gasteiger partial charge in [-0.1, -0.05) is 36.7 Å². The highest BCUT2D eigenvalue weighted by molar-refractivity contribution is 6.30. The number of carbonyl (C=O) groups is 3. The minimum absolute atomic E-state index is 0.00338. The second kappa shape index (κ2) is 12.9. The number of esters is 1. The molecule has 3 atom stereocenters. The number of ether oxygens (including phenoxy) is 1. The highest BCUT2D eigenvalue weighted by Gasteiger charge is 2.29. The molecule has 2 amide bonds. The molecule has 1 unspecified atom stereocenters. The van der Waals surface area contributed by atoms with Crippen molar-refractivity contribution in [1.29, 1.82) is 0 Å². The summed E-state index contributed by atoms with van der Waals surface area (Å²) in [5.74, 6) is -3.13. The molecule has 1 aliphatic rings. The summed E-state index contributed by atoms with van der Waals surface area (Å²) in [6.45, 7) is 3.13. The monoisotopic (exact) mass is 621 g/mol. The van der Waals surface area contributed by atoms with E-state index in [1.165, 1.54) is 37.0 Å². The Bertz CT molecular complexity index is 1740. The Balaban J connectivity index is 1.50. The molecule has 0 radical (unpaired) electrons. The summed E-state index contributed by atoms with van der Waals surface area (Å²) in [5, 5.41) is 9.90. The molecule has 0 spiro atoms. The van der Waals surface area contributed by atoms with E-state index in [1.54, 1.807) is 49.5 Å². The van der Waals surface area contributed by atoms with Crippen LogP contribution in [0.2, 0.25) is 5.02 Å². The number of nitrogens with one attached hydrogen (secondary N) is 2. The van der Waals surface area contributed by atoms with E-state index in [1.807, 2.05) is 0 Å². The Labute approximate surface area is 257 Å². The quantitative estimate of drug-likeness (QED) is 0.267. The van der Waals surface area contributed by atoms with Gasteiger partial charge in [-0.25, -0.2) is 13.5 Å². The number of alkyl halides is 1. The first-order valence-corrected chi connectivity index (χ1v) is 14.4. The highest BCUT2D eigenvalue weighted by atomic mass is 35.5. The van der Waals surface area contributed by atoms with Gasteiger partial charge in [-0.3, -0.25) is 19.4 Å². The number of hydrogen-bond donors (Lipinski definition) is 2. The van der Waals surface area contributed by atoms with Crippen molar-refractivity contribution in [2.75, 3.05) is 12.4 Å². The summed E-state index contributed by atoms with van der Waals surface area (Å²) in [4.78, 5) is 43.0. The SMILES string of the molecule is COC(=O)Cc1ccc2c(c1)NC(=O)[C@H](C)C(F)CC[C@H](NC(=O)c1cnn(-c3cccc(Cl)c3F)c1C)c1cc-2ccn1. The standard InChI is InChI=1S/C32H30ClF2N5O4/c1-17-24(34)9-10-25(38-32(43)22-16-37-40(18(22)2)28-6-4-5-23(33)30(28)35)27-15-20(11-12-36-27)21-8-7-19(14-29(41)44-3)13-26(21)39-31(17)42/h4-8,11-13,15-17,24-25H,9-10,14H2,1-3H3,(H,38,43)(H,39,42)/t17-,24?,25+/m1/s1. The molecule has 0 saturated heterocycles. The molecule has 2 aromatic carbocycles. The predicted molar refractivity (Wildman–Crippen MR) is 161 cm³/mol. The number of benzene rings is 2. The number of nitrogens with zero attached hydrogens (tertiary/aromatic N) is 3. The fraction of sp³-hybridized carbons (Fsp3) is 0.281. The normalized spacial score (nSPS) is 18.3. The molecule has 12 heteroatoms. The van der Waals surface area contributed by atoms with Crippen molar-refractivity contribution in [3.63, 3.8) is 0 Å². The van der Waals surface area contributed by atoms with Gasteiger partial charge < -0.3 is 15.4 Å². The molecule has 2 aromatic heterocycles. The number of pyridine rings is 1. The molecule has 4 aromatic rings. The number of anilines is 1. The lowest BCUT2D eigenvalue weighted by Gasteiger charge is -2.24.